The van der Waals surface area contributed by atoms with Gasteiger partial charge in [-0.15, -0.1) is 0 Å². The third-order valence-corrected chi connectivity index (χ3v) is 5.21. The Kier molecular flexibility index (Phi) is 9.83. The lowest BCUT2D eigenvalue weighted by atomic mass is 9.90. The lowest BCUT2D eigenvalue weighted by Crippen LogP contribution is -2.47. The first-order chi connectivity index (χ1) is 12.1. The topological polar surface area (TPSA) is 102 Å². The molecule has 0 aliphatic heterocycles. The summed E-state index contributed by atoms with van der Waals surface area (Å²) in [4.78, 5) is 17.8. The summed E-state index contributed by atoms with van der Waals surface area (Å²) >= 11 is 0. The van der Waals surface area contributed by atoms with Crippen LogP contribution in [0, 0.1) is 0 Å². The van der Waals surface area contributed by atoms with Crippen LogP contribution in [0.5, 0.6) is 5.75 Å². The number of unbranched alkanes of at least 4 members (excludes halogenated alkanes) is 4. The number of hydrogen-bond donors (Lipinski definition) is 3. The van der Waals surface area contributed by atoms with E-state index >= 15 is 0 Å². The lowest BCUT2D eigenvalue weighted by molar-refractivity contribution is 0.0867. The Hall–Kier alpha value is -0.910. The molecule has 0 aliphatic carbocycles. The lowest BCUT2D eigenvalue weighted by Gasteiger charge is -2.31. The SMILES string of the molecule is CCCCCCCOc1ccc(CC[C@@](C)(N)[C@H](C)OP(=O)(O)O)cc1. The molecular formula is C19H34NO5P. The van der Waals surface area contributed by atoms with Gasteiger partial charge in [0.25, 0.3) is 0 Å². The van der Waals surface area contributed by atoms with Gasteiger partial charge in [0.1, 0.15) is 5.75 Å². The molecule has 1 aromatic rings. The van der Waals surface area contributed by atoms with Crippen LogP contribution in [0.2, 0.25) is 0 Å². The van der Waals surface area contributed by atoms with Crippen LogP contribution in [0.3, 0.4) is 0 Å². The van der Waals surface area contributed by atoms with Crippen LogP contribution < -0.4 is 10.5 Å². The zero-order chi connectivity index (χ0) is 19.6. The molecule has 0 saturated carbocycles. The summed E-state index contributed by atoms with van der Waals surface area (Å²) < 4.78 is 21.4. The molecule has 4 N–H and O–H groups in total. The smallest absolute Gasteiger partial charge is 0.469 e. The van der Waals surface area contributed by atoms with Crippen LogP contribution in [-0.4, -0.2) is 28.0 Å². The summed E-state index contributed by atoms with van der Waals surface area (Å²) in [5.74, 6) is 0.859. The molecule has 0 unspecified atom stereocenters. The van der Waals surface area contributed by atoms with Gasteiger partial charge in [0.2, 0.25) is 0 Å². The fraction of sp³-hybridized carbons (Fsp3) is 0.684. The highest BCUT2D eigenvalue weighted by Gasteiger charge is 2.32. The second kappa shape index (κ2) is 11.1. The minimum Gasteiger partial charge on any atom is -0.494 e. The molecule has 0 aliphatic rings. The average molecular weight is 387 g/mol. The molecule has 1 rings (SSSR count). The predicted octanol–water partition coefficient (Wildman–Crippen LogP) is 4.18. The van der Waals surface area contributed by atoms with E-state index in [9.17, 15) is 4.57 Å². The molecule has 6 nitrogen and oxygen atoms in total. The van der Waals surface area contributed by atoms with E-state index < -0.39 is 19.5 Å². The van der Waals surface area contributed by atoms with Crippen LogP contribution in [0.25, 0.3) is 0 Å². The maximum absolute atomic E-state index is 11.0. The van der Waals surface area contributed by atoms with E-state index in [4.69, 9.17) is 24.8 Å². The quantitative estimate of drug-likeness (QED) is 0.347. The van der Waals surface area contributed by atoms with Crippen LogP contribution in [0.15, 0.2) is 24.3 Å². The third kappa shape index (κ3) is 9.70. The Morgan fingerprint density at radius 1 is 1.15 bits per heavy atom. The van der Waals surface area contributed by atoms with Crippen molar-refractivity contribution < 1.29 is 23.6 Å². The molecule has 0 heterocycles. The fourth-order valence-electron chi connectivity index (χ4n) is 2.59. The number of nitrogens with two attached hydrogens (primary N) is 1. The number of hydrogen-bond acceptors (Lipinski definition) is 4. The van der Waals surface area contributed by atoms with Crippen LogP contribution in [-0.2, 0) is 15.5 Å². The summed E-state index contributed by atoms with van der Waals surface area (Å²) in [6.07, 6.45) is 6.56. The Labute approximate surface area is 157 Å². The summed E-state index contributed by atoms with van der Waals surface area (Å²) in [7, 11) is -4.54. The van der Waals surface area contributed by atoms with E-state index in [1.165, 1.54) is 25.7 Å². The van der Waals surface area contributed by atoms with Crippen molar-refractivity contribution in [3.8, 4) is 5.75 Å². The van der Waals surface area contributed by atoms with Gasteiger partial charge >= 0.3 is 7.82 Å². The molecule has 0 amide bonds. The fourth-order valence-corrected chi connectivity index (χ4v) is 3.24. The zero-order valence-corrected chi connectivity index (χ0v) is 17.1. The minimum atomic E-state index is -4.54. The molecule has 0 saturated heterocycles. The third-order valence-electron chi connectivity index (χ3n) is 4.62. The average Bonchev–Trinajstić information content (AvgIpc) is 2.56. The Bertz CT molecular complexity index is 556. The van der Waals surface area contributed by atoms with Crippen molar-refractivity contribution in [2.75, 3.05) is 6.61 Å². The van der Waals surface area contributed by atoms with Gasteiger partial charge in [-0.05, 0) is 50.8 Å². The highest BCUT2D eigenvalue weighted by molar-refractivity contribution is 7.46. The summed E-state index contributed by atoms with van der Waals surface area (Å²) in [6.45, 7) is 6.26. The van der Waals surface area contributed by atoms with Gasteiger partial charge in [-0.1, -0.05) is 44.7 Å². The molecule has 0 fully saturated rings. The van der Waals surface area contributed by atoms with Gasteiger partial charge in [-0.3, -0.25) is 4.52 Å². The second-order valence-corrected chi connectivity index (χ2v) is 8.34. The first-order valence-electron chi connectivity index (χ1n) is 9.38. The monoisotopic (exact) mass is 387 g/mol. The van der Waals surface area contributed by atoms with Gasteiger partial charge in [-0.2, -0.15) is 0 Å². The van der Waals surface area contributed by atoms with Gasteiger partial charge in [0.15, 0.2) is 0 Å². The standard InChI is InChI=1S/C19H34NO5P/c1-4-5-6-7-8-15-24-18-11-9-17(10-12-18)13-14-19(3,20)16(2)25-26(21,22)23/h9-12,16H,4-8,13-15,20H2,1-3H3,(H2,21,22,23)/t16-,19+/m0/s1. The molecule has 150 valence electrons. The van der Waals surface area contributed by atoms with Crippen LogP contribution >= 0.6 is 7.82 Å². The summed E-state index contributed by atoms with van der Waals surface area (Å²) in [6, 6.07) is 7.89. The van der Waals surface area contributed by atoms with E-state index in [1.54, 1.807) is 13.8 Å². The maximum Gasteiger partial charge on any atom is 0.469 e. The molecule has 0 spiro atoms. The van der Waals surface area contributed by atoms with Crippen molar-refractivity contribution in [2.45, 2.75) is 77.4 Å². The van der Waals surface area contributed by atoms with Crippen LogP contribution in [0.1, 0.15) is 64.9 Å². The van der Waals surface area contributed by atoms with Gasteiger partial charge in [0.05, 0.1) is 12.7 Å². The number of ether oxygens (including phenoxy) is 1. The van der Waals surface area contributed by atoms with Crippen molar-refractivity contribution in [3.05, 3.63) is 29.8 Å². The van der Waals surface area contributed by atoms with E-state index in [2.05, 4.69) is 6.92 Å². The zero-order valence-electron chi connectivity index (χ0n) is 16.2. The minimum absolute atomic E-state index is 0.547. The summed E-state index contributed by atoms with van der Waals surface area (Å²) in [5, 5.41) is 0. The number of rotatable bonds is 13. The van der Waals surface area contributed by atoms with E-state index in [-0.39, 0.29) is 0 Å². The second-order valence-electron chi connectivity index (χ2n) is 7.15. The maximum atomic E-state index is 11.0. The molecule has 0 bridgehead atoms. The highest BCUT2D eigenvalue weighted by Crippen LogP contribution is 2.40. The molecular weight excluding hydrogens is 353 g/mol. The van der Waals surface area contributed by atoms with Gasteiger partial charge in [-0.25, -0.2) is 4.57 Å². The molecule has 1 aromatic carbocycles. The molecule has 2 atom stereocenters. The number of phosphoric acid groups is 1. The normalized spacial score (nSPS) is 15.5. The predicted molar refractivity (Wildman–Crippen MR) is 104 cm³/mol. The largest absolute Gasteiger partial charge is 0.494 e. The van der Waals surface area contributed by atoms with Crippen molar-refractivity contribution in [3.63, 3.8) is 0 Å². The number of benzene rings is 1. The van der Waals surface area contributed by atoms with Crippen molar-refractivity contribution in [1.29, 1.82) is 0 Å². The van der Waals surface area contributed by atoms with Crippen molar-refractivity contribution in [2.24, 2.45) is 5.73 Å². The Morgan fingerprint density at radius 3 is 2.35 bits per heavy atom. The van der Waals surface area contributed by atoms with Gasteiger partial charge < -0.3 is 20.3 Å². The summed E-state index contributed by atoms with van der Waals surface area (Å²) in [5.41, 5.74) is 6.43. The number of phosphoric ester groups is 1. The van der Waals surface area contributed by atoms with Crippen LogP contribution in [0.4, 0.5) is 0 Å². The first-order valence-corrected chi connectivity index (χ1v) is 10.9. The van der Waals surface area contributed by atoms with E-state index in [0.717, 1.165) is 24.3 Å². The molecule has 0 radical (unpaired) electrons. The Morgan fingerprint density at radius 2 is 1.77 bits per heavy atom. The molecule has 7 heteroatoms. The van der Waals surface area contributed by atoms with E-state index in [0.29, 0.717) is 12.8 Å². The Balaban J connectivity index is 2.38. The molecule has 0 aromatic heterocycles. The van der Waals surface area contributed by atoms with Crippen molar-refractivity contribution >= 4 is 7.82 Å². The van der Waals surface area contributed by atoms with Gasteiger partial charge in [0, 0.05) is 5.54 Å². The highest BCUT2D eigenvalue weighted by atomic mass is 31.2. The number of aryl methyl sites for hydroxylation is 1. The molecule has 26 heavy (non-hydrogen) atoms. The van der Waals surface area contributed by atoms with Crippen molar-refractivity contribution in [1.82, 2.24) is 0 Å². The first kappa shape index (κ1) is 23.1. The van der Waals surface area contributed by atoms with E-state index in [1.807, 2.05) is 24.3 Å².